The van der Waals surface area contributed by atoms with Crippen LogP contribution in [0.15, 0.2) is 30.3 Å². The highest BCUT2D eigenvalue weighted by molar-refractivity contribution is 6.34. The molecule has 2 aliphatic rings. The molecule has 3 aromatic rings. The molecule has 236 valence electrons. The molecule has 3 heterocycles. The Morgan fingerprint density at radius 1 is 1.11 bits per heavy atom. The Kier molecular flexibility index (Phi) is 9.41. The van der Waals surface area contributed by atoms with E-state index in [2.05, 4.69) is 22.3 Å². The third-order valence-corrected chi connectivity index (χ3v) is 8.49. The van der Waals surface area contributed by atoms with Crippen molar-refractivity contribution in [2.24, 2.45) is 5.73 Å². The van der Waals surface area contributed by atoms with E-state index < -0.39 is 17.7 Å². The molecule has 1 saturated heterocycles. The van der Waals surface area contributed by atoms with Gasteiger partial charge in [0.1, 0.15) is 11.4 Å². The van der Waals surface area contributed by atoms with E-state index in [9.17, 15) is 14.4 Å². The van der Waals surface area contributed by atoms with Gasteiger partial charge in [-0.15, -0.1) is 0 Å². The zero-order chi connectivity index (χ0) is 31.6. The van der Waals surface area contributed by atoms with Gasteiger partial charge in [0, 0.05) is 42.7 Å². The zero-order valence-corrected chi connectivity index (χ0v) is 26.8. The quantitative estimate of drug-likeness (QED) is 0.276. The van der Waals surface area contributed by atoms with Crippen molar-refractivity contribution in [1.82, 2.24) is 19.7 Å². The number of urea groups is 1. The molecular formula is C33H42ClN5O5. The van der Waals surface area contributed by atoms with Gasteiger partial charge in [-0.2, -0.15) is 0 Å². The molecule has 0 spiro atoms. The summed E-state index contributed by atoms with van der Waals surface area (Å²) in [6, 6.07) is 9.30. The summed E-state index contributed by atoms with van der Waals surface area (Å²) in [5, 5.41) is 4.08. The standard InChI is InChI=1S/C33H42ClN5O5/c1-5-38(31(35)41)14-9-15-43-27-18-23(28-24(29(27)34)19-36-30(28)40)26-17-22-16-21(20-37-12-7-6-8-13-37)10-11-25(22)39(26)32(42)44-33(2,3)4/h10-11,16-18H,5-9,12-15,19-20H2,1-4H3,(H2,35,41)(H,36,40). The van der Waals surface area contributed by atoms with E-state index in [1.54, 1.807) is 6.07 Å². The summed E-state index contributed by atoms with van der Waals surface area (Å²) in [6.45, 7) is 11.8. The van der Waals surface area contributed by atoms with Gasteiger partial charge in [-0.3, -0.25) is 9.69 Å². The van der Waals surface area contributed by atoms with Crippen LogP contribution in [0.5, 0.6) is 5.75 Å². The van der Waals surface area contributed by atoms with Crippen LogP contribution in [0.2, 0.25) is 5.02 Å². The zero-order valence-electron chi connectivity index (χ0n) is 26.0. The van der Waals surface area contributed by atoms with Crippen molar-refractivity contribution < 1.29 is 23.9 Å². The Morgan fingerprint density at radius 2 is 1.86 bits per heavy atom. The first kappa shape index (κ1) is 31.7. The number of halogens is 1. The molecule has 2 aliphatic heterocycles. The Labute approximate surface area is 263 Å². The van der Waals surface area contributed by atoms with Crippen LogP contribution in [0, 0.1) is 0 Å². The van der Waals surface area contributed by atoms with Gasteiger partial charge >= 0.3 is 12.1 Å². The topological polar surface area (TPSA) is 119 Å². The molecular weight excluding hydrogens is 582 g/mol. The minimum absolute atomic E-state index is 0.245. The Hall–Kier alpha value is -3.76. The van der Waals surface area contributed by atoms with Crippen LogP contribution < -0.4 is 15.8 Å². The second-order valence-electron chi connectivity index (χ2n) is 12.5. The summed E-state index contributed by atoms with van der Waals surface area (Å²) < 4.78 is 13.5. The number of hydrogen-bond donors (Lipinski definition) is 2. The molecule has 2 aromatic carbocycles. The number of nitrogens with two attached hydrogens (primary N) is 1. The predicted octanol–water partition coefficient (Wildman–Crippen LogP) is 6.14. The predicted molar refractivity (Wildman–Crippen MR) is 171 cm³/mol. The molecule has 44 heavy (non-hydrogen) atoms. The van der Waals surface area contributed by atoms with E-state index in [0.29, 0.717) is 58.2 Å². The first-order chi connectivity index (χ1) is 21.0. The summed E-state index contributed by atoms with van der Waals surface area (Å²) >= 11 is 6.77. The Morgan fingerprint density at radius 3 is 2.55 bits per heavy atom. The largest absolute Gasteiger partial charge is 0.492 e. The molecule has 0 unspecified atom stereocenters. The van der Waals surface area contributed by atoms with Crippen molar-refractivity contribution in [2.75, 3.05) is 32.8 Å². The fraction of sp³-hybridized carbons (Fsp3) is 0.485. The number of nitrogens with zero attached hydrogens (tertiary/aromatic N) is 3. The van der Waals surface area contributed by atoms with Crippen molar-refractivity contribution in [3.8, 4) is 17.0 Å². The number of nitrogens with one attached hydrogen (secondary N) is 1. The van der Waals surface area contributed by atoms with E-state index in [1.807, 2.05) is 39.8 Å². The molecule has 0 atom stereocenters. The first-order valence-corrected chi connectivity index (χ1v) is 15.8. The average Bonchev–Trinajstić information content (AvgIpc) is 3.54. The molecule has 0 saturated carbocycles. The van der Waals surface area contributed by atoms with Gasteiger partial charge in [-0.05, 0) is 89.9 Å². The first-order valence-electron chi connectivity index (χ1n) is 15.4. The number of hydrogen-bond acceptors (Lipinski definition) is 6. The fourth-order valence-corrected chi connectivity index (χ4v) is 6.25. The maximum absolute atomic E-state index is 13.8. The van der Waals surface area contributed by atoms with Gasteiger partial charge in [0.2, 0.25) is 0 Å². The van der Waals surface area contributed by atoms with Crippen LogP contribution in [0.25, 0.3) is 22.2 Å². The average molecular weight is 624 g/mol. The number of carbonyl (C=O) groups excluding carboxylic acids is 3. The van der Waals surface area contributed by atoms with Crippen molar-refractivity contribution in [1.29, 1.82) is 0 Å². The molecule has 0 aliphatic carbocycles. The van der Waals surface area contributed by atoms with Gasteiger partial charge in [0.25, 0.3) is 5.91 Å². The number of ether oxygens (including phenoxy) is 2. The molecule has 0 bridgehead atoms. The Bertz CT molecular complexity index is 1570. The third-order valence-electron chi connectivity index (χ3n) is 8.08. The summed E-state index contributed by atoms with van der Waals surface area (Å²) in [5.74, 6) is 0.126. The number of piperidine rings is 1. The van der Waals surface area contributed by atoms with Crippen molar-refractivity contribution >= 4 is 40.5 Å². The van der Waals surface area contributed by atoms with Gasteiger partial charge < -0.3 is 25.4 Å². The molecule has 11 heteroatoms. The lowest BCUT2D eigenvalue weighted by Crippen LogP contribution is -2.36. The maximum Gasteiger partial charge on any atom is 0.419 e. The van der Waals surface area contributed by atoms with Gasteiger partial charge in [0.05, 0.1) is 28.4 Å². The molecule has 3 N–H and O–H groups in total. The van der Waals surface area contributed by atoms with Crippen molar-refractivity contribution in [2.45, 2.75) is 72.1 Å². The van der Waals surface area contributed by atoms with Gasteiger partial charge in [-0.25, -0.2) is 14.2 Å². The highest BCUT2D eigenvalue weighted by Crippen LogP contribution is 2.42. The summed E-state index contributed by atoms with van der Waals surface area (Å²) in [6.07, 6.45) is 3.68. The van der Waals surface area contributed by atoms with Crippen LogP contribution in [0.3, 0.4) is 0 Å². The molecule has 0 radical (unpaired) electrons. The van der Waals surface area contributed by atoms with E-state index >= 15 is 0 Å². The summed E-state index contributed by atoms with van der Waals surface area (Å²) in [4.78, 5) is 42.5. The minimum atomic E-state index is -0.732. The van der Waals surface area contributed by atoms with Gasteiger partial charge in [-0.1, -0.05) is 24.1 Å². The van der Waals surface area contributed by atoms with Crippen LogP contribution >= 0.6 is 11.6 Å². The van der Waals surface area contributed by atoms with Gasteiger partial charge in [0.15, 0.2) is 0 Å². The van der Waals surface area contributed by atoms with Crippen LogP contribution in [0.1, 0.15) is 74.9 Å². The minimum Gasteiger partial charge on any atom is -0.492 e. The lowest BCUT2D eigenvalue weighted by Gasteiger charge is -2.26. The number of benzene rings is 2. The molecule has 1 aromatic heterocycles. The number of amides is 3. The van der Waals surface area contributed by atoms with Crippen LogP contribution in [-0.2, 0) is 17.8 Å². The van der Waals surface area contributed by atoms with E-state index in [1.165, 1.54) is 28.7 Å². The Balaban J connectivity index is 1.56. The van der Waals surface area contributed by atoms with Crippen LogP contribution in [0.4, 0.5) is 9.59 Å². The normalized spacial score (nSPS) is 15.2. The maximum atomic E-state index is 13.8. The van der Waals surface area contributed by atoms with E-state index in [4.69, 9.17) is 26.8 Å². The van der Waals surface area contributed by atoms with E-state index in [-0.39, 0.29) is 19.1 Å². The molecule has 10 nitrogen and oxygen atoms in total. The van der Waals surface area contributed by atoms with Crippen molar-refractivity contribution in [3.05, 3.63) is 52.0 Å². The number of carbonyl (C=O) groups is 3. The number of likely N-dealkylation sites (tertiary alicyclic amines) is 1. The second kappa shape index (κ2) is 13.1. The second-order valence-corrected chi connectivity index (χ2v) is 12.8. The smallest absolute Gasteiger partial charge is 0.419 e. The summed E-state index contributed by atoms with van der Waals surface area (Å²) in [5.41, 5.74) is 8.62. The lowest BCUT2D eigenvalue weighted by molar-refractivity contribution is 0.0546. The van der Waals surface area contributed by atoms with Crippen molar-refractivity contribution in [3.63, 3.8) is 0 Å². The fourth-order valence-electron chi connectivity index (χ4n) is 5.98. The number of fused-ring (bicyclic) bond motifs is 2. The molecule has 3 amide bonds. The third kappa shape index (κ3) is 6.81. The highest BCUT2D eigenvalue weighted by atomic mass is 35.5. The van der Waals surface area contributed by atoms with Crippen LogP contribution in [-0.4, -0.2) is 70.8 Å². The number of rotatable bonds is 9. The number of primary amides is 1. The number of aromatic nitrogens is 1. The lowest BCUT2D eigenvalue weighted by atomic mass is 9.99. The highest BCUT2D eigenvalue weighted by Gasteiger charge is 2.32. The molecule has 5 rings (SSSR count). The van der Waals surface area contributed by atoms with E-state index in [0.717, 1.165) is 30.6 Å². The summed E-state index contributed by atoms with van der Waals surface area (Å²) in [7, 11) is 0. The molecule has 1 fully saturated rings. The monoisotopic (exact) mass is 623 g/mol. The SMILES string of the molecule is CCN(CCCOc1cc(-c2cc3cc(CN4CCCCC4)ccc3n2C(=O)OC(C)(C)C)c2c(c1Cl)CNC2=O)C(N)=O.